The second-order valence-electron chi connectivity index (χ2n) is 4.60. The van der Waals surface area contributed by atoms with Gasteiger partial charge in [0.25, 0.3) is 0 Å². The van der Waals surface area contributed by atoms with Crippen molar-refractivity contribution in [3.8, 4) is 0 Å². The molecule has 1 aromatic carbocycles. The van der Waals surface area contributed by atoms with Crippen molar-refractivity contribution in [3.63, 3.8) is 0 Å². The largest absolute Gasteiger partial charge is 0.395 e. The molecule has 17 heavy (non-hydrogen) atoms. The Hall–Kier alpha value is -0.510. The Morgan fingerprint density at radius 2 is 2.00 bits per heavy atom. The summed E-state index contributed by atoms with van der Waals surface area (Å²) in [6.07, 6.45) is 0.994. The Kier molecular flexibility index (Phi) is 6.63. The Labute approximate surface area is 109 Å². The average molecular weight is 253 g/mol. The van der Waals surface area contributed by atoms with Crippen LogP contribution < -0.4 is 5.32 Å². The van der Waals surface area contributed by atoms with Gasteiger partial charge in [-0.25, -0.2) is 0 Å². The molecular weight excluding hydrogens is 230 g/mol. The third-order valence-corrected chi connectivity index (χ3v) is 3.82. The van der Waals surface area contributed by atoms with Crippen LogP contribution in [0.15, 0.2) is 29.2 Å². The van der Waals surface area contributed by atoms with E-state index in [0.717, 1.165) is 12.2 Å². The van der Waals surface area contributed by atoms with Gasteiger partial charge in [-0.3, -0.25) is 0 Å². The van der Waals surface area contributed by atoms with E-state index in [1.807, 2.05) is 11.8 Å². The smallest absolute Gasteiger partial charge is 0.0585 e. The number of benzene rings is 1. The molecule has 0 fully saturated rings. The van der Waals surface area contributed by atoms with Gasteiger partial charge in [0.05, 0.1) is 6.61 Å². The first kappa shape index (κ1) is 14.6. The van der Waals surface area contributed by atoms with Gasteiger partial charge in [-0.15, -0.1) is 11.8 Å². The standard InChI is InChI=1S/C14H23NOS/c1-11(2)15-13(10-16)8-9-17-14-7-5-4-6-12(14)3/h4-7,11,13,15-16H,8-10H2,1-3H3. The fourth-order valence-corrected chi connectivity index (χ4v) is 2.82. The molecule has 1 aromatic rings. The quantitative estimate of drug-likeness (QED) is 0.733. The molecule has 0 aliphatic carbocycles. The summed E-state index contributed by atoms with van der Waals surface area (Å²) >= 11 is 1.87. The zero-order valence-corrected chi connectivity index (χ0v) is 11.8. The molecule has 0 saturated carbocycles. The lowest BCUT2D eigenvalue weighted by molar-refractivity contribution is 0.232. The molecule has 0 aliphatic rings. The van der Waals surface area contributed by atoms with E-state index in [4.69, 9.17) is 0 Å². The molecule has 2 nitrogen and oxygen atoms in total. The summed E-state index contributed by atoms with van der Waals surface area (Å²) in [4.78, 5) is 1.34. The minimum Gasteiger partial charge on any atom is -0.395 e. The first-order chi connectivity index (χ1) is 8.13. The summed E-state index contributed by atoms with van der Waals surface area (Å²) in [5.41, 5.74) is 1.33. The molecule has 0 bridgehead atoms. The van der Waals surface area contributed by atoms with Crippen molar-refractivity contribution < 1.29 is 5.11 Å². The third-order valence-electron chi connectivity index (χ3n) is 2.61. The highest BCUT2D eigenvalue weighted by Crippen LogP contribution is 2.22. The van der Waals surface area contributed by atoms with Crippen molar-refractivity contribution in [2.45, 2.75) is 44.2 Å². The van der Waals surface area contributed by atoms with Gasteiger partial charge in [0.2, 0.25) is 0 Å². The lowest BCUT2D eigenvalue weighted by atomic mass is 10.2. The molecule has 3 heteroatoms. The summed E-state index contributed by atoms with van der Waals surface area (Å²) in [5.74, 6) is 1.04. The van der Waals surface area contributed by atoms with E-state index in [1.54, 1.807) is 0 Å². The molecule has 96 valence electrons. The average Bonchev–Trinajstić information content (AvgIpc) is 2.29. The molecule has 1 atom stereocenters. The van der Waals surface area contributed by atoms with Crippen LogP contribution in [0.1, 0.15) is 25.8 Å². The summed E-state index contributed by atoms with van der Waals surface area (Å²) in [7, 11) is 0. The molecule has 0 heterocycles. The molecule has 0 aromatic heterocycles. The SMILES string of the molecule is Cc1ccccc1SCCC(CO)NC(C)C. The van der Waals surface area contributed by atoms with Crippen LogP contribution in [0.5, 0.6) is 0 Å². The Morgan fingerprint density at radius 3 is 2.59 bits per heavy atom. The summed E-state index contributed by atoms with van der Waals surface area (Å²) in [6, 6.07) is 9.07. The number of thioether (sulfide) groups is 1. The van der Waals surface area contributed by atoms with Crippen LogP contribution in [0, 0.1) is 6.92 Å². The highest BCUT2D eigenvalue weighted by molar-refractivity contribution is 7.99. The van der Waals surface area contributed by atoms with Crippen molar-refractivity contribution in [1.29, 1.82) is 0 Å². The first-order valence-electron chi connectivity index (χ1n) is 6.18. The maximum atomic E-state index is 9.25. The van der Waals surface area contributed by atoms with Gasteiger partial charge in [0.15, 0.2) is 0 Å². The molecule has 0 aliphatic heterocycles. The maximum absolute atomic E-state index is 9.25. The van der Waals surface area contributed by atoms with Crippen LogP contribution >= 0.6 is 11.8 Å². The number of aliphatic hydroxyl groups is 1. The van der Waals surface area contributed by atoms with E-state index in [0.29, 0.717) is 6.04 Å². The maximum Gasteiger partial charge on any atom is 0.0585 e. The van der Waals surface area contributed by atoms with Crippen LogP contribution in [0.4, 0.5) is 0 Å². The monoisotopic (exact) mass is 253 g/mol. The van der Waals surface area contributed by atoms with Gasteiger partial charge >= 0.3 is 0 Å². The van der Waals surface area contributed by atoms with Crippen LogP contribution in [0.3, 0.4) is 0 Å². The Balaban J connectivity index is 2.34. The van der Waals surface area contributed by atoms with E-state index >= 15 is 0 Å². The van der Waals surface area contributed by atoms with Gasteiger partial charge in [0, 0.05) is 17.0 Å². The highest BCUT2D eigenvalue weighted by Gasteiger charge is 2.08. The van der Waals surface area contributed by atoms with Crippen molar-refractivity contribution in [2.24, 2.45) is 0 Å². The van der Waals surface area contributed by atoms with E-state index in [9.17, 15) is 5.11 Å². The fraction of sp³-hybridized carbons (Fsp3) is 0.571. The summed E-state index contributed by atoms with van der Waals surface area (Å²) in [5, 5.41) is 12.6. The zero-order chi connectivity index (χ0) is 12.7. The second-order valence-corrected chi connectivity index (χ2v) is 5.74. The van der Waals surface area contributed by atoms with Crippen LogP contribution in [0.2, 0.25) is 0 Å². The van der Waals surface area contributed by atoms with Crippen LogP contribution in [0.25, 0.3) is 0 Å². The predicted octanol–water partition coefficient (Wildman–Crippen LogP) is 2.84. The molecular formula is C14H23NOS. The topological polar surface area (TPSA) is 32.3 Å². The highest BCUT2D eigenvalue weighted by atomic mass is 32.2. The summed E-state index contributed by atoms with van der Waals surface area (Å²) in [6.45, 7) is 6.57. The Bertz CT molecular complexity index is 328. The van der Waals surface area contributed by atoms with E-state index in [2.05, 4.69) is 50.4 Å². The number of rotatable bonds is 7. The van der Waals surface area contributed by atoms with Crippen molar-refractivity contribution in [1.82, 2.24) is 5.32 Å². The minimum atomic E-state index is 0.214. The minimum absolute atomic E-state index is 0.214. The summed E-state index contributed by atoms with van der Waals surface area (Å²) < 4.78 is 0. The number of nitrogens with one attached hydrogen (secondary N) is 1. The van der Waals surface area contributed by atoms with Gasteiger partial charge in [-0.2, -0.15) is 0 Å². The van der Waals surface area contributed by atoms with Crippen molar-refractivity contribution in [2.75, 3.05) is 12.4 Å². The first-order valence-corrected chi connectivity index (χ1v) is 7.17. The molecule has 1 rings (SSSR count). The zero-order valence-electron chi connectivity index (χ0n) is 10.9. The normalized spacial score (nSPS) is 13.0. The number of aliphatic hydroxyl groups excluding tert-OH is 1. The number of aryl methyl sites for hydroxylation is 1. The van der Waals surface area contributed by atoms with Gasteiger partial charge in [-0.05, 0) is 30.7 Å². The molecule has 1 unspecified atom stereocenters. The molecule has 2 N–H and O–H groups in total. The van der Waals surface area contributed by atoms with Gasteiger partial charge < -0.3 is 10.4 Å². The third kappa shape index (κ3) is 5.57. The van der Waals surface area contributed by atoms with E-state index < -0.39 is 0 Å². The van der Waals surface area contributed by atoms with Crippen molar-refractivity contribution >= 4 is 11.8 Å². The van der Waals surface area contributed by atoms with Gasteiger partial charge in [-0.1, -0.05) is 32.0 Å². The van der Waals surface area contributed by atoms with Crippen LogP contribution in [-0.2, 0) is 0 Å². The fourth-order valence-electron chi connectivity index (χ4n) is 1.73. The lowest BCUT2D eigenvalue weighted by Gasteiger charge is -2.18. The van der Waals surface area contributed by atoms with E-state index in [1.165, 1.54) is 10.5 Å². The molecule has 0 amide bonds. The predicted molar refractivity (Wildman–Crippen MR) is 75.7 cm³/mol. The van der Waals surface area contributed by atoms with Gasteiger partial charge in [0.1, 0.15) is 0 Å². The molecule has 0 saturated heterocycles. The lowest BCUT2D eigenvalue weighted by Crippen LogP contribution is -2.37. The Morgan fingerprint density at radius 1 is 1.29 bits per heavy atom. The molecule has 0 spiro atoms. The second kappa shape index (κ2) is 7.75. The number of hydrogen-bond acceptors (Lipinski definition) is 3. The van der Waals surface area contributed by atoms with E-state index in [-0.39, 0.29) is 12.6 Å². The molecule has 0 radical (unpaired) electrons. The van der Waals surface area contributed by atoms with Crippen LogP contribution in [-0.4, -0.2) is 29.5 Å². The number of hydrogen-bond donors (Lipinski definition) is 2. The van der Waals surface area contributed by atoms with Crippen molar-refractivity contribution in [3.05, 3.63) is 29.8 Å².